The Morgan fingerprint density at radius 3 is 2.94 bits per heavy atom. The van der Waals surface area contributed by atoms with Gasteiger partial charge in [0.2, 0.25) is 5.89 Å². The maximum absolute atomic E-state index is 8.60. The molecule has 1 N–H and O–H groups in total. The third kappa shape index (κ3) is 2.33. The van der Waals surface area contributed by atoms with Gasteiger partial charge in [-0.25, -0.2) is 4.98 Å². The summed E-state index contributed by atoms with van der Waals surface area (Å²) in [5.74, 6) is 1.77. The maximum Gasteiger partial charge on any atom is 0.245 e. The van der Waals surface area contributed by atoms with Crippen LogP contribution in [0.1, 0.15) is 17.3 Å². The van der Waals surface area contributed by atoms with Gasteiger partial charge in [0.05, 0.1) is 12.1 Å². The van der Waals surface area contributed by atoms with Gasteiger partial charge in [0.1, 0.15) is 11.9 Å². The van der Waals surface area contributed by atoms with Crippen molar-refractivity contribution in [3.8, 4) is 6.07 Å². The molecule has 0 bridgehead atoms. The van der Waals surface area contributed by atoms with Crippen molar-refractivity contribution in [2.45, 2.75) is 13.5 Å². The Balaban J connectivity index is 1.97. The van der Waals surface area contributed by atoms with Gasteiger partial charge in [0.15, 0.2) is 5.82 Å². The molecule has 0 unspecified atom stereocenters. The molecule has 2 rings (SSSR count). The maximum atomic E-state index is 8.60. The van der Waals surface area contributed by atoms with Crippen LogP contribution >= 0.6 is 0 Å². The minimum absolute atomic E-state index is 0.416. The van der Waals surface area contributed by atoms with Crippen molar-refractivity contribution in [1.82, 2.24) is 15.1 Å². The van der Waals surface area contributed by atoms with E-state index in [-0.39, 0.29) is 0 Å². The van der Waals surface area contributed by atoms with Crippen molar-refractivity contribution in [3.05, 3.63) is 35.6 Å². The molecule has 0 aliphatic carbocycles. The highest BCUT2D eigenvalue weighted by atomic mass is 16.5. The smallest absolute Gasteiger partial charge is 0.245 e. The van der Waals surface area contributed by atoms with Gasteiger partial charge < -0.3 is 9.84 Å². The van der Waals surface area contributed by atoms with Crippen molar-refractivity contribution in [3.63, 3.8) is 0 Å². The fraction of sp³-hybridized carbons (Fsp3) is 0.200. The Bertz CT molecular complexity index is 511. The highest BCUT2D eigenvalue weighted by Gasteiger charge is 2.02. The van der Waals surface area contributed by atoms with Gasteiger partial charge in [0, 0.05) is 6.20 Å². The van der Waals surface area contributed by atoms with Crippen LogP contribution in [-0.4, -0.2) is 15.1 Å². The molecular weight excluding hydrogens is 206 g/mol. The largest absolute Gasteiger partial charge is 0.361 e. The second kappa shape index (κ2) is 4.40. The van der Waals surface area contributed by atoms with E-state index >= 15 is 0 Å². The zero-order chi connectivity index (χ0) is 11.4. The molecular formula is C10H9N5O. The summed E-state index contributed by atoms with van der Waals surface area (Å²) in [5.41, 5.74) is 0.527. The summed E-state index contributed by atoms with van der Waals surface area (Å²) in [7, 11) is 0. The number of hydrogen-bond donors (Lipinski definition) is 1. The van der Waals surface area contributed by atoms with Crippen LogP contribution in [0.4, 0.5) is 5.82 Å². The predicted octanol–water partition coefficient (Wildman–Crippen LogP) is 1.26. The second-order valence-electron chi connectivity index (χ2n) is 3.13. The molecule has 2 aromatic rings. The van der Waals surface area contributed by atoms with Crippen molar-refractivity contribution >= 4 is 5.82 Å². The lowest BCUT2D eigenvalue weighted by Crippen LogP contribution is -2.01. The van der Waals surface area contributed by atoms with Gasteiger partial charge in [0.25, 0.3) is 0 Å². The Morgan fingerprint density at radius 2 is 2.38 bits per heavy atom. The summed E-state index contributed by atoms with van der Waals surface area (Å²) < 4.78 is 4.93. The van der Waals surface area contributed by atoms with Crippen LogP contribution in [0.5, 0.6) is 0 Å². The van der Waals surface area contributed by atoms with Crippen LogP contribution < -0.4 is 5.32 Å². The molecule has 0 amide bonds. The van der Waals surface area contributed by atoms with Crippen molar-refractivity contribution in [1.29, 1.82) is 5.26 Å². The first-order valence-electron chi connectivity index (χ1n) is 4.67. The SMILES string of the molecule is Cc1noc(CNc2ccc(C#N)cn2)n1. The topological polar surface area (TPSA) is 87.6 Å². The van der Waals surface area contributed by atoms with Gasteiger partial charge in [-0.3, -0.25) is 0 Å². The highest BCUT2D eigenvalue weighted by molar-refractivity contribution is 5.38. The first-order valence-corrected chi connectivity index (χ1v) is 4.67. The van der Waals surface area contributed by atoms with Crippen LogP contribution in [0.3, 0.4) is 0 Å². The van der Waals surface area contributed by atoms with E-state index in [0.29, 0.717) is 29.6 Å². The van der Waals surface area contributed by atoms with E-state index in [1.165, 1.54) is 6.20 Å². The molecule has 0 aliphatic rings. The normalized spacial score (nSPS) is 9.75. The summed E-state index contributed by atoms with van der Waals surface area (Å²) in [6.45, 7) is 2.17. The average molecular weight is 215 g/mol. The quantitative estimate of drug-likeness (QED) is 0.829. The van der Waals surface area contributed by atoms with E-state index < -0.39 is 0 Å². The van der Waals surface area contributed by atoms with E-state index in [1.54, 1.807) is 19.1 Å². The zero-order valence-electron chi connectivity index (χ0n) is 8.64. The van der Waals surface area contributed by atoms with Gasteiger partial charge in [-0.15, -0.1) is 0 Å². The van der Waals surface area contributed by atoms with Crippen LogP contribution in [-0.2, 0) is 6.54 Å². The fourth-order valence-electron chi connectivity index (χ4n) is 1.14. The lowest BCUT2D eigenvalue weighted by molar-refractivity contribution is 0.379. The molecule has 0 saturated carbocycles. The number of pyridine rings is 1. The number of aromatic nitrogens is 3. The van der Waals surface area contributed by atoms with Crippen molar-refractivity contribution < 1.29 is 4.52 Å². The fourth-order valence-corrected chi connectivity index (χ4v) is 1.14. The number of hydrogen-bond acceptors (Lipinski definition) is 6. The molecule has 16 heavy (non-hydrogen) atoms. The number of nitriles is 1. The lowest BCUT2D eigenvalue weighted by Gasteiger charge is -2.00. The van der Waals surface area contributed by atoms with E-state index in [9.17, 15) is 0 Å². The summed E-state index contributed by atoms with van der Waals surface area (Å²) >= 11 is 0. The monoisotopic (exact) mass is 215 g/mol. The molecule has 2 aromatic heterocycles. The molecule has 0 fully saturated rings. The number of aryl methyl sites for hydroxylation is 1. The number of rotatable bonds is 3. The Kier molecular flexibility index (Phi) is 2.78. The first-order chi connectivity index (χ1) is 7.78. The highest BCUT2D eigenvalue weighted by Crippen LogP contribution is 2.06. The molecule has 0 saturated heterocycles. The average Bonchev–Trinajstić information content (AvgIpc) is 2.73. The minimum Gasteiger partial charge on any atom is -0.361 e. The van der Waals surface area contributed by atoms with E-state index in [0.717, 1.165) is 0 Å². The van der Waals surface area contributed by atoms with Gasteiger partial charge >= 0.3 is 0 Å². The molecule has 0 atom stereocenters. The van der Waals surface area contributed by atoms with Crippen LogP contribution in [0.25, 0.3) is 0 Å². The van der Waals surface area contributed by atoms with Crippen molar-refractivity contribution in [2.24, 2.45) is 0 Å². The minimum atomic E-state index is 0.416. The number of nitrogens with zero attached hydrogens (tertiary/aromatic N) is 4. The zero-order valence-corrected chi connectivity index (χ0v) is 8.64. The molecule has 80 valence electrons. The molecule has 6 nitrogen and oxygen atoms in total. The molecule has 0 aliphatic heterocycles. The summed E-state index contributed by atoms with van der Waals surface area (Å²) in [4.78, 5) is 8.09. The predicted molar refractivity (Wildman–Crippen MR) is 55.3 cm³/mol. The van der Waals surface area contributed by atoms with Gasteiger partial charge in [-0.1, -0.05) is 5.16 Å². The molecule has 0 radical (unpaired) electrons. The molecule has 0 aromatic carbocycles. The van der Waals surface area contributed by atoms with Crippen LogP contribution in [0.15, 0.2) is 22.9 Å². The molecule has 6 heteroatoms. The van der Waals surface area contributed by atoms with Gasteiger partial charge in [-0.2, -0.15) is 10.2 Å². The van der Waals surface area contributed by atoms with E-state index in [4.69, 9.17) is 9.78 Å². The molecule has 0 spiro atoms. The van der Waals surface area contributed by atoms with Crippen LogP contribution in [0.2, 0.25) is 0 Å². The standard InChI is InChI=1S/C10H9N5O/c1-7-14-10(16-15-7)6-13-9-3-2-8(4-11)5-12-9/h2-3,5H,6H2,1H3,(H,12,13). The second-order valence-corrected chi connectivity index (χ2v) is 3.13. The summed E-state index contributed by atoms with van der Waals surface area (Å²) in [6.07, 6.45) is 1.50. The Hall–Kier alpha value is -2.42. The van der Waals surface area contributed by atoms with Gasteiger partial charge in [-0.05, 0) is 19.1 Å². The summed E-state index contributed by atoms with van der Waals surface area (Å²) in [6, 6.07) is 5.41. The number of anilines is 1. The molecule has 2 heterocycles. The van der Waals surface area contributed by atoms with E-state index in [1.807, 2.05) is 6.07 Å². The summed E-state index contributed by atoms with van der Waals surface area (Å²) in [5, 5.41) is 15.3. The third-order valence-corrected chi connectivity index (χ3v) is 1.88. The first kappa shape index (κ1) is 10.1. The Morgan fingerprint density at radius 1 is 1.50 bits per heavy atom. The van der Waals surface area contributed by atoms with Crippen molar-refractivity contribution in [2.75, 3.05) is 5.32 Å². The third-order valence-electron chi connectivity index (χ3n) is 1.88. The van der Waals surface area contributed by atoms with E-state index in [2.05, 4.69) is 20.4 Å². The number of nitrogens with one attached hydrogen (secondary N) is 1. The lowest BCUT2D eigenvalue weighted by atomic mass is 10.3. The Labute approximate surface area is 91.9 Å². The van der Waals surface area contributed by atoms with Crippen LogP contribution in [0, 0.1) is 18.3 Å².